The van der Waals surface area contributed by atoms with Gasteiger partial charge in [0.05, 0.1) is 7.11 Å². The zero-order valence-corrected chi connectivity index (χ0v) is 18.0. The number of unbranched alkanes of at least 4 members (excludes halogenated alkanes) is 1. The van der Waals surface area contributed by atoms with Crippen molar-refractivity contribution < 1.29 is 19.0 Å². The molecule has 1 aromatic heterocycles. The molecule has 162 valence electrons. The number of aromatic amines is 1. The number of carbonyl (C=O) groups excluding carboxylic acids is 1. The molecule has 3 aromatic rings. The minimum absolute atomic E-state index is 0.0608. The molecule has 31 heavy (non-hydrogen) atoms. The molecular formula is C25H28N2O4. The maximum absolute atomic E-state index is 12.5. The number of H-pyrrole nitrogens is 1. The van der Waals surface area contributed by atoms with Gasteiger partial charge in [-0.3, -0.25) is 4.79 Å². The molecule has 0 spiro atoms. The van der Waals surface area contributed by atoms with Gasteiger partial charge in [0.2, 0.25) is 6.79 Å². The number of esters is 1. The topological polar surface area (TPSA) is 72.6 Å². The van der Waals surface area contributed by atoms with Crippen LogP contribution in [0.15, 0.2) is 36.4 Å². The molecular weight excluding hydrogens is 392 g/mol. The van der Waals surface area contributed by atoms with Gasteiger partial charge in [-0.15, -0.1) is 0 Å². The predicted molar refractivity (Wildman–Crippen MR) is 119 cm³/mol. The SMILES string of the molecule is CCCCc1ccc2[nH]c3c(c2c1)CC(C(=O)OC)NCC3c1ccc2c(c1)OCO2. The largest absolute Gasteiger partial charge is 0.468 e. The summed E-state index contributed by atoms with van der Waals surface area (Å²) in [6.07, 6.45) is 4.00. The fraction of sp³-hybridized carbons (Fsp3) is 0.400. The van der Waals surface area contributed by atoms with E-state index in [-0.39, 0.29) is 24.7 Å². The van der Waals surface area contributed by atoms with Crippen LogP contribution in [0.2, 0.25) is 0 Å². The number of rotatable bonds is 5. The fourth-order valence-corrected chi connectivity index (χ4v) is 4.73. The number of benzene rings is 2. The van der Waals surface area contributed by atoms with E-state index in [0.717, 1.165) is 34.7 Å². The Hall–Kier alpha value is -2.99. The third kappa shape index (κ3) is 3.65. The van der Waals surface area contributed by atoms with Crippen LogP contribution in [0.25, 0.3) is 10.9 Å². The van der Waals surface area contributed by atoms with Crippen LogP contribution in [0, 0.1) is 0 Å². The standard InChI is InChI=1S/C25H28N2O4/c1-3-4-5-15-6-8-20-17(10-15)18-12-21(25(28)29-2)26-13-19(24(18)27-20)16-7-9-22-23(11-16)31-14-30-22/h6-11,19,21,26-27H,3-5,12-14H2,1-2H3. The lowest BCUT2D eigenvalue weighted by molar-refractivity contribution is -0.143. The quantitative estimate of drug-likeness (QED) is 0.609. The summed E-state index contributed by atoms with van der Waals surface area (Å²) >= 11 is 0. The average molecular weight is 421 g/mol. The summed E-state index contributed by atoms with van der Waals surface area (Å²) in [7, 11) is 1.45. The van der Waals surface area contributed by atoms with Gasteiger partial charge in [0.25, 0.3) is 0 Å². The van der Waals surface area contributed by atoms with Crippen LogP contribution in [0.1, 0.15) is 48.1 Å². The third-order valence-corrected chi connectivity index (χ3v) is 6.43. The summed E-state index contributed by atoms with van der Waals surface area (Å²) in [5.74, 6) is 1.38. The maximum atomic E-state index is 12.5. The van der Waals surface area contributed by atoms with Gasteiger partial charge in [0.15, 0.2) is 11.5 Å². The minimum atomic E-state index is -0.374. The van der Waals surface area contributed by atoms with Crippen LogP contribution < -0.4 is 14.8 Å². The number of carbonyl (C=O) groups is 1. The van der Waals surface area contributed by atoms with E-state index < -0.39 is 0 Å². The van der Waals surface area contributed by atoms with Crippen molar-refractivity contribution in [2.45, 2.75) is 44.6 Å². The Kier molecular flexibility index (Phi) is 5.32. The van der Waals surface area contributed by atoms with Crippen molar-refractivity contribution in [1.82, 2.24) is 10.3 Å². The van der Waals surface area contributed by atoms with Gasteiger partial charge in [0.1, 0.15) is 6.04 Å². The normalized spacial score (nSPS) is 19.8. The molecule has 2 unspecified atom stereocenters. The molecule has 3 heterocycles. The number of nitrogens with one attached hydrogen (secondary N) is 2. The summed E-state index contributed by atoms with van der Waals surface area (Å²) in [5, 5.41) is 4.63. The van der Waals surface area contributed by atoms with Crippen molar-refractivity contribution in [2.24, 2.45) is 0 Å². The Bertz CT molecular complexity index is 1120. The molecule has 0 saturated carbocycles. The Morgan fingerprint density at radius 1 is 1.16 bits per heavy atom. The number of ether oxygens (including phenoxy) is 3. The second-order valence-corrected chi connectivity index (χ2v) is 8.35. The van der Waals surface area contributed by atoms with E-state index in [1.54, 1.807) is 0 Å². The van der Waals surface area contributed by atoms with Crippen molar-refractivity contribution in [3.05, 3.63) is 58.8 Å². The van der Waals surface area contributed by atoms with Gasteiger partial charge in [-0.25, -0.2) is 0 Å². The Morgan fingerprint density at radius 3 is 2.87 bits per heavy atom. The second kappa shape index (κ2) is 8.27. The molecule has 0 fully saturated rings. The molecule has 6 heteroatoms. The third-order valence-electron chi connectivity index (χ3n) is 6.43. The van der Waals surface area contributed by atoms with Crippen LogP contribution >= 0.6 is 0 Å². The van der Waals surface area contributed by atoms with Crippen molar-refractivity contribution >= 4 is 16.9 Å². The number of fused-ring (bicyclic) bond motifs is 4. The smallest absolute Gasteiger partial charge is 0.323 e. The van der Waals surface area contributed by atoms with E-state index in [2.05, 4.69) is 47.6 Å². The van der Waals surface area contributed by atoms with E-state index in [1.807, 2.05) is 6.07 Å². The fourth-order valence-electron chi connectivity index (χ4n) is 4.73. The van der Waals surface area contributed by atoms with Crippen LogP contribution in [-0.4, -0.2) is 37.4 Å². The summed E-state index contributed by atoms with van der Waals surface area (Å²) < 4.78 is 16.2. The van der Waals surface area contributed by atoms with E-state index in [9.17, 15) is 4.79 Å². The van der Waals surface area contributed by atoms with Crippen LogP contribution in [0.3, 0.4) is 0 Å². The highest BCUT2D eigenvalue weighted by Crippen LogP contribution is 2.39. The molecule has 2 aromatic carbocycles. The first-order valence-electron chi connectivity index (χ1n) is 11.0. The molecule has 2 N–H and O–H groups in total. The van der Waals surface area contributed by atoms with Gasteiger partial charge in [-0.05, 0) is 53.8 Å². The summed E-state index contributed by atoms with van der Waals surface area (Å²) in [5.41, 5.74) is 5.92. The van der Waals surface area contributed by atoms with E-state index in [1.165, 1.54) is 36.5 Å². The lowest BCUT2D eigenvalue weighted by Crippen LogP contribution is -2.39. The Balaban J connectivity index is 1.61. The first-order valence-corrected chi connectivity index (χ1v) is 11.0. The van der Waals surface area contributed by atoms with Crippen LogP contribution in [0.5, 0.6) is 11.5 Å². The molecule has 6 nitrogen and oxygen atoms in total. The van der Waals surface area contributed by atoms with Crippen molar-refractivity contribution in [3.63, 3.8) is 0 Å². The number of methoxy groups -OCH3 is 1. The molecule has 5 rings (SSSR count). The number of aryl methyl sites for hydroxylation is 1. The molecule has 0 saturated heterocycles. The average Bonchev–Trinajstić information content (AvgIpc) is 3.35. The van der Waals surface area contributed by atoms with Gasteiger partial charge in [-0.2, -0.15) is 0 Å². The molecule has 2 aliphatic heterocycles. The van der Waals surface area contributed by atoms with Gasteiger partial charge >= 0.3 is 5.97 Å². The molecule has 0 radical (unpaired) electrons. The molecule has 2 aliphatic rings. The molecule has 0 aliphatic carbocycles. The van der Waals surface area contributed by atoms with E-state index in [4.69, 9.17) is 14.2 Å². The molecule has 2 atom stereocenters. The number of hydrogen-bond donors (Lipinski definition) is 2. The lowest BCUT2D eigenvalue weighted by atomic mass is 9.92. The zero-order valence-electron chi connectivity index (χ0n) is 18.0. The molecule has 0 amide bonds. The highest BCUT2D eigenvalue weighted by atomic mass is 16.7. The molecule has 0 bridgehead atoms. The summed E-state index contributed by atoms with van der Waals surface area (Å²) in [4.78, 5) is 16.1. The zero-order chi connectivity index (χ0) is 21.4. The lowest BCUT2D eigenvalue weighted by Gasteiger charge is -2.17. The maximum Gasteiger partial charge on any atom is 0.323 e. The van der Waals surface area contributed by atoms with Gasteiger partial charge < -0.3 is 24.5 Å². The van der Waals surface area contributed by atoms with E-state index in [0.29, 0.717) is 13.0 Å². The van der Waals surface area contributed by atoms with Crippen LogP contribution in [-0.2, 0) is 22.4 Å². The van der Waals surface area contributed by atoms with Crippen molar-refractivity contribution in [1.29, 1.82) is 0 Å². The number of hydrogen-bond acceptors (Lipinski definition) is 5. The highest BCUT2D eigenvalue weighted by Gasteiger charge is 2.32. The van der Waals surface area contributed by atoms with Gasteiger partial charge in [-0.1, -0.05) is 25.5 Å². The van der Waals surface area contributed by atoms with Crippen LogP contribution in [0.4, 0.5) is 0 Å². The predicted octanol–water partition coefficient (Wildman–Crippen LogP) is 4.06. The minimum Gasteiger partial charge on any atom is -0.468 e. The highest BCUT2D eigenvalue weighted by molar-refractivity contribution is 5.87. The Labute approximate surface area is 181 Å². The van der Waals surface area contributed by atoms with E-state index >= 15 is 0 Å². The summed E-state index contributed by atoms with van der Waals surface area (Å²) in [6, 6.07) is 12.4. The second-order valence-electron chi connectivity index (χ2n) is 8.35. The Morgan fingerprint density at radius 2 is 2.03 bits per heavy atom. The summed E-state index contributed by atoms with van der Waals surface area (Å²) in [6.45, 7) is 3.09. The first kappa shape index (κ1) is 19.9. The van der Waals surface area contributed by atoms with Gasteiger partial charge in [0, 0.05) is 35.5 Å². The first-order chi connectivity index (χ1) is 15.2. The number of aromatic nitrogens is 1. The monoisotopic (exact) mass is 420 g/mol. The van der Waals surface area contributed by atoms with Crippen molar-refractivity contribution in [2.75, 3.05) is 20.4 Å². The van der Waals surface area contributed by atoms with Crippen molar-refractivity contribution in [3.8, 4) is 11.5 Å².